The van der Waals surface area contributed by atoms with Crippen molar-refractivity contribution in [1.29, 1.82) is 0 Å². The minimum Gasteiger partial charge on any atom is -0.479 e. The number of hydrogen-bond acceptors (Lipinski definition) is 10. The molecule has 10 heteroatoms. The van der Waals surface area contributed by atoms with Crippen molar-refractivity contribution in [3.63, 3.8) is 0 Å². The fourth-order valence-corrected chi connectivity index (χ4v) is 3.36. The summed E-state index contributed by atoms with van der Waals surface area (Å²) in [5.41, 5.74) is 0.224. The number of nitrogens with zero attached hydrogens (tertiary/aromatic N) is 1. The maximum atomic E-state index is 13.0. The number of fused-ring (bicyclic) bond motifs is 1. The summed E-state index contributed by atoms with van der Waals surface area (Å²) < 4.78 is 31.9. The molecule has 0 bridgehead atoms. The van der Waals surface area contributed by atoms with Crippen LogP contribution in [0.2, 0.25) is 0 Å². The van der Waals surface area contributed by atoms with Crippen LogP contribution >= 0.6 is 0 Å². The smallest absolute Gasteiger partial charge is 0.338 e. The van der Waals surface area contributed by atoms with Gasteiger partial charge in [0, 0.05) is 18.6 Å². The molecule has 0 saturated carbocycles. The molecule has 4 aromatic rings. The highest BCUT2D eigenvalue weighted by Crippen LogP contribution is 2.28. The van der Waals surface area contributed by atoms with Crippen LogP contribution < -0.4 is 19.6 Å². The van der Waals surface area contributed by atoms with Crippen LogP contribution in [0, 0.1) is 6.92 Å². The van der Waals surface area contributed by atoms with Gasteiger partial charge in [0.1, 0.15) is 28.6 Å². The van der Waals surface area contributed by atoms with Crippen LogP contribution in [-0.4, -0.2) is 30.8 Å². The van der Waals surface area contributed by atoms with E-state index in [1.54, 1.807) is 44.2 Å². The Bertz CT molecular complexity index is 1450. The average molecular weight is 493 g/mol. The molecule has 0 amide bonds. The third kappa shape index (κ3) is 5.54. The minimum atomic E-state index is -0.491. The normalized spacial score (nSPS) is 10.8. The summed E-state index contributed by atoms with van der Waals surface area (Å²) in [6.07, 6.45) is 0.347. The van der Waals surface area contributed by atoms with Crippen LogP contribution in [0.5, 0.6) is 23.1 Å². The molecule has 2 aromatic carbocycles. The maximum Gasteiger partial charge on any atom is 0.338 e. The van der Waals surface area contributed by atoms with Crippen molar-refractivity contribution in [2.75, 3.05) is 13.7 Å². The lowest BCUT2D eigenvalue weighted by molar-refractivity contribution is -0.134. The first kappa shape index (κ1) is 24.5. The SMILES string of the molecule is CCOC(=O)c1ccc(Oc2c(C)oc3cc(OC(=O)CCc4cc(OC)no4)ccc3c2=O)cc1. The number of hydrogen-bond donors (Lipinski definition) is 0. The van der Waals surface area contributed by atoms with Gasteiger partial charge in [0.15, 0.2) is 0 Å². The second-order valence-electron chi connectivity index (χ2n) is 7.63. The van der Waals surface area contributed by atoms with Crippen molar-refractivity contribution in [3.8, 4) is 23.1 Å². The van der Waals surface area contributed by atoms with Crippen LogP contribution in [0.25, 0.3) is 11.0 Å². The van der Waals surface area contributed by atoms with Gasteiger partial charge in [0.25, 0.3) is 5.88 Å². The molecule has 36 heavy (non-hydrogen) atoms. The summed E-state index contributed by atoms with van der Waals surface area (Å²) in [5.74, 6) is 0.724. The molecule has 0 aliphatic carbocycles. The van der Waals surface area contributed by atoms with E-state index in [4.69, 9.17) is 27.9 Å². The average Bonchev–Trinajstić information content (AvgIpc) is 3.34. The lowest BCUT2D eigenvalue weighted by Gasteiger charge is -2.10. The van der Waals surface area contributed by atoms with Gasteiger partial charge < -0.3 is 27.9 Å². The number of carbonyl (C=O) groups excluding carboxylic acids is 2. The lowest BCUT2D eigenvalue weighted by Crippen LogP contribution is -2.10. The summed E-state index contributed by atoms with van der Waals surface area (Å²) in [6, 6.07) is 12.3. The molecule has 0 N–H and O–H groups in total. The van der Waals surface area contributed by atoms with Gasteiger partial charge in [-0.3, -0.25) is 9.59 Å². The van der Waals surface area contributed by atoms with E-state index in [-0.39, 0.29) is 46.7 Å². The molecule has 2 heterocycles. The zero-order chi connectivity index (χ0) is 25.7. The van der Waals surface area contributed by atoms with Crippen molar-refractivity contribution < 1.29 is 37.5 Å². The van der Waals surface area contributed by atoms with Crippen LogP contribution in [0.4, 0.5) is 0 Å². The van der Waals surface area contributed by atoms with Crippen molar-refractivity contribution in [2.24, 2.45) is 0 Å². The molecule has 0 aliphatic heterocycles. The Morgan fingerprint density at radius 1 is 1.03 bits per heavy atom. The van der Waals surface area contributed by atoms with Crippen molar-refractivity contribution in [1.82, 2.24) is 5.16 Å². The van der Waals surface area contributed by atoms with E-state index in [9.17, 15) is 14.4 Å². The molecule has 0 fully saturated rings. The van der Waals surface area contributed by atoms with Gasteiger partial charge in [-0.1, -0.05) is 0 Å². The fraction of sp³-hybridized carbons (Fsp3) is 0.231. The molecule has 0 unspecified atom stereocenters. The first-order valence-electron chi connectivity index (χ1n) is 11.1. The highest BCUT2D eigenvalue weighted by molar-refractivity contribution is 5.89. The monoisotopic (exact) mass is 493 g/mol. The number of aryl methyl sites for hydroxylation is 2. The molecule has 0 saturated heterocycles. The fourth-order valence-electron chi connectivity index (χ4n) is 3.36. The predicted molar refractivity (Wildman–Crippen MR) is 127 cm³/mol. The van der Waals surface area contributed by atoms with E-state index in [2.05, 4.69) is 5.16 Å². The lowest BCUT2D eigenvalue weighted by atomic mass is 10.2. The Kier molecular flexibility index (Phi) is 7.33. The molecule has 2 aromatic heterocycles. The third-order valence-electron chi connectivity index (χ3n) is 5.13. The Morgan fingerprint density at radius 2 is 1.78 bits per heavy atom. The largest absolute Gasteiger partial charge is 0.479 e. The molecular formula is C26H23NO9. The Balaban J connectivity index is 1.46. The molecule has 0 aliphatic rings. The second kappa shape index (κ2) is 10.8. The summed E-state index contributed by atoms with van der Waals surface area (Å²) >= 11 is 0. The van der Waals surface area contributed by atoms with Gasteiger partial charge in [0.2, 0.25) is 11.2 Å². The Labute approximate surface area is 205 Å². The predicted octanol–water partition coefficient (Wildman–Crippen LogP) is 4.61. The standard InChI is InChI=1S/C26H23NO9/c1-4-32-26(30)16-5-7-17(8-6-16)35-25-15(2)33-21-13-18(9-11-20(21)24(25)29)34-23(28)12-10-19-14-22(31-3)27-36-19/h5-9,11,13-14H,4,10,12H2,1-3H3. The Morgan fingerprint density at radius 3 is 2.47 bits per heavy atom. The zero-order valence-corrected chi connectivity index (χ0v) is 19.9. The number of carbonyl (C=O) groups is 2. The molecule has 186 valence electrons. The van der Waals surface area contributed by atoms with Crippen LogP contribution in [0.3, 0.4) is 0 Å². The number of aromatic nitrogens is 1. The molecule has 4 rings (SSSR count). The van der Waals surface area contributed by atoms with Gasteiger partial charge in [-0.25, -0.2) is 4.79 Å². The highest BCUT2D eigenvalue weighted by Gasteiger charge is 2.16. The number of benzene rings is 2. The van der Waals surface area contributed by atoms with Crippen molar-refractivity contribution in [3.05, 3.63) is 75.8 Å². The van der Waals surface area contributed by atoms with Crippen LogP contribution in [0.15, 0.2) is 62.3 Å². The van der Waals surface area contributed by atoms with E-state index < -0.39 is 11.9 Å². The van der Waals surface area contributed by atoms with Crippen molar-refractivity contribution in [2.45, 2.75) is 26.7 Å². The van der Waals surface area contributed by atoms with Crippen molar-refractivity contribution >= 4 is 22.9 Å². The summed E-state index contributed by atoms with van der Waals surface area (Å²) in [4.78, 5) is 37.1. The number of rotatable bonds is 9. The highest BCUT2D eigenvalue weighted by atomic mass is 16.5. The van der Waals surface area contributed by atoms with Gasteiger partial charge in [0.05, 0.1) is 31.1 Å². The van der Waals surface area contributed by atoms with Crippen LogP contribution in [-0.2, 0) is 16.0 Å². The first-order chi connectivity index (χ1) is 17.4. The number of methoxy groups -OCH3 is 1. The third-order valence-corrected chi connectivity index (χ3v) is 5.13. The number of esters is 2. The quantitative estimate of drug-likeness (QED) is 0.241. The molecule has 0 atom stereocenters. The van der Waals surface area contributed by atoms with Gasteiger partial charge in [-0.15, -0.1) is 0 Å². The topological polar surface area (TPSA) is 127 Å². The minimum absolute atomic E-state index is 0.0126. The molecular weight excluding hydrogens is 470 g/mol. The van der Waals surface area contributed by atoms with E-state index in [1.807, 2.05) is 0 Å². The van der Waals surface area contributed by atoms with Gasteiger partial charge >= 0.3 is 11.9 Å². The summed E-state index contributed by atoms with van der Waals surface area (Å²) in [6.45, 7) is 3.59. The number of ether oxygens (including phenoxy) is 4. The maximum absolute atomic E-state index is 13.0. The Hall–Kier alpha value is -4.60. The van der Waals surface area contributed by atoms with E-state index in [1.165, 1.54) is 25.3 Å². The molecule has 0 radical (unpaired) electrons. The summed E-state index contributed by atoms with van der Waals surface area (Å²) in [5, 5.41) is 3.93. The molecule has 10 nitrogen and oxygen atoms in total. The van der Waals surface area contributed by atoms with Crippen LogP contribution in [0.1, 0.15) is 35.2 Å². The zero-order valence-electron chi connectivity index (χ0n) is 19.9. The van der Waals surface area contributed by atoms with Gasteiger partial charge in [-0.2, -0.15) is 0 Å². The van der Waals surface area contributed by atoms with E-state index in [0.29, 0.717) is 29.4 Å². The van der Waals surface area contributed by atoms with E-state index in [0.717, 1.165) is 0 Å². The first-order valence-corrected chi connectivity index (χ1v) is 11.1. The molecule has 0 spiro atoms. The second-order valence-corrected chi connectivity index (χ2v) is 7.63. The summed E-state index contributed by atoms with van der Waals surface area (Å²) in [7, 11) is 1.47. The van der Waals surface area contributed by atoms with Gasteiger partial charge in [-0.05, 0) is 55.4 Å². The van der Waals surface area contributed by atoms with E-state index >= 15 is 0 Å².